The zero-order valence-electron chi connectivity index (χ0n) is 14.5. The molecule has 0 unspecified atom stereocenters. The number of hydrogen-bond donors (Lipinski definition) is 2. The summed E-state index contributed by atoms with van der Waals surface area (Å²) in [7, 11) is 0. The predicted molar refractivity (Wildman–Crippen MR) is 98.8 cm³/mol. The molecule has 0 atom stereocenters. The van der Waals surface area contributed by atoms with Crippen LogP contribution in [0.15, 0.2) is 42.5 Å². The van der Waals surface area contributed by atoms with Crippen molar-refractivity contribution in [2.45, 2.75) is 63.7 Å². The molecule has 2 aromatic rings. The molecule has 0 bridgehead atoms. The molecule has 24 heavy (non-hydrogen) atoms. The van der Waals surface area contributed by atoms with Gasteiger partial charge in [0, 0.05) is 0 Å². The molecule has 128 valence electrons. The Bertz CT molecular complexity index is 652. The Morgan fingerprint density at radius 3 is 2.12 bits per heavy atom. The molecular formula is C22H28O2. The Morgan fingerprint density at radius 1 is 0.833 bits per heavy atom. The number of aryl methyl sites for hydroxylation is 1. The van der Waals surface area contributed by atoms with Crippen LogP contribution in [0, 0.1) is 0 Å². The van der Waals surface area contributed by atoms with Crippen LogP contribution in [0.25, 0.3) is 0 Å². The summed E-state index contributed by atoms with van der Waals surface area (Å²) in [6.07, 6.45) is 8.23. The monoisotopic (exact) mass is 324 g/mol. The fourth-order valence-corrected chi connectivity index (χ4v) is 4.06. The molecule has 1 aliphatic carbocycles. The lowest BCUT2D eigenvalue weighted by atomic mass is 9.75. The molecule has 3 rings (SSSR count). The number of hydrogen-bond acceptors (Lipinski definition) is 2. The van der Waals surface area contributed by atoms with Crippen LogP contribution in [0.1, 0.15) is 74.0 Å². The highest BCUT2D eigenvalue weighted by atomic mass is 16.3. The van der Waals surface area contributed by atoms with Gasteiger partial charge in [-0.2, -0.15) is 0 Å². The first-order valence-corrected chi connectivity index (χ1v) is 9.28. The third kappa shape index (κ3) is 3.92. The van der Waals surface area contributed by atoms with Crippen molar-refractivity contribution < 1.29 is 10.2 Å². The van der Waals surface area contributed by atoms with Crippen molar-refractivity contribution >= 4 is 0 Å². The normalized spacial score (nSPS) is 20.9. The zero-order chi connectivity index (χ0) is 16.9. The highest BCUT2D eigenvalue weighted by Crippen LogP contribution is 2.42. The molecule has 0 saturated heterocycles. The first-order chi connectivity index (χ1) is 11.7. The lowest BCUT2D eigenvalue weighted by Gasteiger charge is -2.30. The van der Waals surface area contributed by atoms with E-state index in [1.807, 2.05) is 12.1 Å². The van der Waals surface area contributed by atoms with Gasteiger partial charge in [-0.25, -0.2) is 0 Å². The molecule has 0 aromatic heterocycles. The van der Waals surface area contributed by atoms with Crippen LogP contribution in [0.5, 0.6) is 11.5 Å². The SMILES string of the molecule is CCCCc1cc(O)ccc1C1CCC(c2ccc(O)cc2)CC1. The van der Waals surface area contributed by atoms with Crippen molar-refractivity contribution in [3.63, 3.8) is 0 Å². The number of aromatic hydroxyl groups is 2. The second-order valence-electron chi connectivity index (χ2n) is 7.13. The number of phenolic OH excluding ortho intramolecular Hbond substituents is 2. The van der Waals surface area contributed by atoms with Crippen LogP contribution in [0.2, 0.25) is 0 Å². The van der Waals surface area contributed by atoms with Gasteiger partial charge in [0.05, 0.1) is 0 Å². The van der Waals surface area contributed by atoms with Crippen molar-refractivity contribution in [1.82, 2.24) is 0 Å². The van der Waals surface area contributed by atoms with E-state index in [0.29, 0.717) is 23.3 Å². The molecule has 0 aliphatic heterocycles. The average molecular weight is 324 g/mol. The molecule has 0 radical (unpaired) electrons. The largest absolute Gasteiger partial charge is 0.508 e. The van der Waals surface area contributed by atoms with Gasteiger partial charge in [-0.15, -0.1) is 0 Å². The summed E-state index contributed by atoms with van der Waals surface area (Å²) in [6.45, 7) is 2.21. The molecule has 1 fully saturated rings. The Morgan fingerprint density at radius 2 is 1.46 bits per heavy atom. The lowest BCUT2D eigenvalue weighted by Crippen LogP contribution is -2.13. The number of rotatable bonds is 5. The first kappa shape index (κ1) is 16.9. The van der Waals surface area contributed by atoms with Crippen molar-refractivity contribution in [3.05, 3.63) is 59.2 Å². The number of unbranched alkanes of at least 4 members (excludes halogenated alkanes) is 1. The Kier molecular flexibility index (Phi) is 5.44. The molecule has 0 spiro atoms. The van der Waals surface area contributed by atoms with E-state index in [-0.39, 0.29) is 0 Å². The minimum absolute atomic E-state index is 0.345. The number of phenols is 2. The topological polar surface area (TPSA) is 40.5 Å². The number of benzene rings is 2. The lowest BCUT2D eigenvalue weighted by molar-refractivity contribution is 0.393. The summed E-state index contributed by atoms with van der Waals surface area (Å²) in [5, 5.41) is 19.3. The predicted octanol–water partition coefficient (Wildman–Crippen LogP) is 5.88. The van der Waals surface area contributed by atoms with Crippen LogP contribution in [0.4, 0.5) is 0 Å². The minimum atomic E-state index is 0.345. The van der Waals surface area contributed by atoms with E-state index < -0.39 is 0 Å². The summed E-state index contributed by atoms with van der Waals surface area (Å²) in [5.74, 6) is 1.96. The van der Waals surface area contributed by atoms with Gasteiger partial charge >= 0.3 is 0 Å². The molecule has 2 N–H and O–H groups in total. The maximum atomic E-state index is 9.83. The fraction of sp³-hybridized carbons (Fsp3) is 0.455. The van der Waals surface area contributed by atoms with E-state index in [4.69, 9.17) is 0 Å². The first-order valence-electron chi connectivity index (χ1n) is 9.28. The summed E-state index contributed by atoms with van der Waals surface area (Å²) in [5.41, 5.74) is 4.14. The van der Waals surface area contributed by atoms with Gasteiger partial charge in [-0.3, -0.25) is 0 Å². The maximum Gasteiger partial charge on any atom is 0.115 e. The molecular weight excluding hydrogens is 296 g/mol. The Balaban J connectivity index is 1.69. The van der Waals surface area contributed by atoms with Gasteiger partial charge in [0.1, 0.15) is 11.5 Å². The molecule has 0 amide bonds. The van der Waals surface area contributed by atoms with E-state index in [2.05, 4.69) is 25.1 Å². The highest BCUT2D eigenvalue weighted by Gasteiger charge is 2.25. The standard InChI is InChI=1S/C22H28O2/c1-2-3-4-19-15-21(24)13-14-22(19)18-7-5-16(6-8-18)17-9-11-20(23)12-10-17/h9-16,18,23-24H,2-8H2,1H3. The molecule has 1 aliphatic rings. The molecule has 0 heterocycles. The van der Waals surface area contributed by atoms with Crippen LogP contribution in [-0.2, 0) is 6.42 Å². The third-order valence-electron chi connectivity index (χ3n) is 5.46. The van der Waals surface area contributed by atoms with E-state index in [9.17, 15) is 10.2 Å². The zero-order valence-corrected chi connectivity index (χ0v) is 14.5. The van der Waals surface area contributed by atoms with Gasteiger partial charge in [0.25, 0.3) is 0 Å². The highest BCUT2D eigenvalue weighted by molar-refractivity contribution is 5.38. The van der Waals surface area contributed by atoms with Crippen LogP contribution < -0.4 is 0 Å². The van der Waals surface area contributed by atoms with Gasteiger partial charge in [-0.05, 0) is 91.3 Å². The average Bonchev–Trinajstić information content (AvgIpc) is 2.61. The maximum absolute atomic E-state index is 9.83. The summed E-state index contributed by atoms with van der Waals surface area (Å²) in [6, 6.07) is 13.7. The van der Waals surface area contributed by atoms with E-state index >= 15 is 0 Å². The van der Waals surface area contributed by atoms with Crippen molar-refractivity contribution in [2.75, 3.05) is 0 Å². The van der Waals surface area contributed by atoms with Crippen LogP contribution >= 0.6 is 0 Å². The summed E-state index contributed by atoms with van der Waals surface area (Å²) >= 11 is 0. The molecule has 2 aromatic carbocycles. The third-order valence-corrected chi connectivity index (χ3v) is 5.46. The van der Waals surface area contributed by atoms with Crippen LogP contribution in [0.3, 0.4) is 0 Å². The minimum Gasteiger partial charge on any atom is -0.508 e. The Labute approximate surface area is 145 Å². The van der Waals surface area contributed by atoms with Gasteiger partial charge in [-0.1, -0.05) is 31.5 Å². The van der Waals surface area contributed by atoms with Crippen molar-refractivity contribution in [2.24, 2.45) is 0 Å². The Hall–Kier alpha value is -1.96. The quantitative estimate of drug-likeness (QED) is 0.721. The summed E-state index contributed by atoms with van der Waals surface area (Å²) in [4.78, 5) is 0. The van der Waals surface area contributed by atoms with Crippen molar-refractivity contribution in [3.8, 4) is 11.5 Å². The molecule has 2 nitrogen and oxygen atoms in total. The summed E-state index contributed by atoms with van der Waals surface area (Å²) < 4.78 is 0. The van der Waals surface area contributed by atoms with E-state index in [1.165, 1.54) is 55.2 Å². The second kappa shape index (κ2) is 7.74. The second-order valence-corrected chi connectivity index (χ2v) is 7.13. The van der Waals surface area contributed by atoms with Gasteiger partial charge < -0.3 is 10.2 Å². The van der Waals surface area contributed by atoms with Crippen molar-refractivity contribution in [1.29, 1.82) is 0 Å². The molecule has 2 heteroatoms. The van der Waals surface area contributed by atoms with Gasteiger partial charge in [0.15, 0.2) is 0 Å². The van der Waals surface area contributed by atoms with E-state index in [0.717, 1.165) is 6.42 Å². The van der Waals surface area contributed by atoms with Gasteiger partial charge in [0.2, 0.25) is 0 Å². The van der Waals surface area contributed by atoms with Crippen LogP contribution in [-0.4, -0.2) is 10.2 Å². The molecule has 1 saturated carbocycles. The smallest absolute Gasteiger partial charge is 0.115 e. The fourth-order valence-electron chi connectivity index (χ4n) is 4.06. The van der Waals surface area contributed by atoms with E-state index in [1.54, 1.807) is 12.1 Å².